The van der Waals surface area contributed by atoms with Gasteiger partial charge in [0, 0.05) is 6.04 Å². The average Bonchev–Trinajstić information content (AvgIpc) is 2.88. The molecule has 5 nitrogen and oxygen atoms in total. The molecule has 0 bridgehead atoms. The maximum atomic E-state index is 13.1. The van der Waals surface area contributed by atoms with Crippen molar-refractivity contribution < 1.29 is 21.6 Å². The molecule has 0 amide bonds. The molecular weight excluding hydrogens is 302 g/mol. The van der Waals surface area contributed by atoms with Crippen molar-refractivity contribution in [2.24, 2.45) is 5.14 Å². The summed E-state index contributed by atoms with van der Waals surface area (Å²) >= 11 is 0. The van der Waals surface area contributed by atoms with Gasteiger partial charge in [-0.2, -0.15) is 0 Å². The van der Waals surface area contributed by atoms with Crippen LogP contribution in [0, 0.1) is 11.6 Å². The number of primary sulfonamides is 1. The zero-order chi connectivity index (χ0) is 15.6. The van der Waals surface area contributed by atoms with Crippen molar-refractivity contribution in [3.63, 3.8) is 0 Å². The van der Waals surface area contributed by atoms with Gasteiger partial charge < -0.3 is 9.73 Å². The lowest BCUT2D eigenvalue weighted by molar-refractivity contribution is 0.393. The molecule has 0 saturated carbocycles. The van der Waals surface area contributed by atoms with Gasteiger partial charge in [-0.1, -0.05) is 6.07 Å². The van der Waals surface area contributed by atoms with E-state index in [0.29, 0.717) is 11.3 Å². The van der Waals surface area contributed by atoms with Crippen molar-refractivity contribution in [3.8, 4) is 0 Å². The SMILES string of the molecule is CC(NCc1ccc(S(N)(=O)=O)o1)c1ccc(F)c(F)c1. The van der Waals surface area contributed by atoms with Gasteiger partial charge in [0.1, 0.15) is 5.76 Å². The Hall–Kier alpha value is -1.77. The smallest absolute Gasteiger partial charge is 0.271 e. The first-order valence-electron chi connectivity index (χ1n) is 6.07. The molecule has 0 saturated heterocycles. The van der Waals surface area contributed by atoms with E-state index >= 15 is 0 Å². The molecule has 114 valence electrons. The summed E-state index contributed by atoms with van der Waals surface area (Å²) in [5.74, 6) is -1.46. The Balaban J connectivity index is 2.02. The van der Waals surface area contributed by atoms with E-state index in [4.69, 9.17) is 9.56 Å². The minimum absolute atomic E-state index is 0.218. The van der Waals surface area contributed by atoms with Gasteiger partial charge in [-0.3, -0.25) is 0 Å². The third-order valence-electron chi connectivity index (χ3n) is 2.94. The van der Waals surface area contributed by atoms with E-state index in [9.17, 15) is 17.2 Å². The number of hydrogen-bond acceptors (Lipinski definition) is 4. The van der Waals surface area contributed by atoms with Crippen LogP contribution in [0.3, 0.4) is 0 Å². The van der Waals surface area contributed by atoms with Crippen molar-refractivity contribution in [2.75, 3.05) is 0 Å². The maximum Gasteiger partial charge on any atom is 0.271 e. The van der Waals surface area contributed by atoms with Crippen molar-refractivity contribution in [3.05, 3.63) is 53.3 Å². The van der Waals surface area contributed by atoms with Gasteiger partial charge in [-0.05, 0) is 36.8 Å². The lowest BCUT2D eigenvalue weighted by Crippen LogP contribution is -2.18. The van der Waals surface area contributed by atoms with Crippen LogP contribution in [0.25, 0.3) is 0 Å². The Morgan fingerprint density at radius 3 is 2.52 bits per heavy atom. The second-order valence-electron chi connectivity index (χ2n) is 4.54. The molecule has 0 fully saturated rings. The molecule has 1 unspecified atom stereocenters. The quantitative estimate of drug-likeness (QED) is 0.884. The Bertz CT molecular complexity index is 744. The lowest BCUT2D eigenvalue weighted by Gasteiger charge is -2.13. The van der Waals surface area contributed by atoms with Crippen LogP contribution in [0.5, 0.6) is 0 Å². The summed E-state index contributed by atoms with van der Waals surface area (Å²) < 4.78 is 53.2. The zero-order valence-electron chi connectivity index (χ0n) is 11.1. The summed E-state index contributed by atoms with van der Waals surface area (Å²) in [5.41, 5.74) is 0.562. The average molecular weight is 316 g/mol. The molecule has 0 aliphatic heterocycles. The number of halogens is 2. The molecule has 2 rings (SSSR count). The molecule has 8 heteroatoms. The van der Waals surface area contributed by atoms with Crippen LogP contribution >= 0.6 is 0 Å². The number of furan rings is 1. The number of rotatable bonds is 5. The predicted octanol–water partition coefficient (Wildman–Crippen LogP) is 2.06. The van der Waals surface area contributed by atoms with E-state index in [0.717, 1.165) is 12.1 Å². The maximum absolute atomic E-state index is 13.1. The van der Waals surface area contributed by atoms with Crippen LogP contribution in [0.4, 0.5) is 8.78 Å². The Morgan fingerprint density at radius 1 is 1.24 bits per heavy atom. The number of nitrogens with two attached hydrogens (primary N) is 1. The Morgan fingerprint density at radius 2 is 1.95 bits per heavy atom. The molecule has 0 radical (unpaired) electrons. The highest BCUT2D eigenvalue weighted by molar-refractivity contribution is 7.89. The highest BCUT2D eigenvalue weighted by Gasteiger charge is 2.14. The molecular formula is C13H14F2N2O3S. The summed E-state index contributed by atoms with van der Waals surface area (Å²) in [6.45, 7) is 1.98. The summed E-state index contributed by atoms with van der Waals surface area (Å²) in [6, 6.07) is 6.08. The van der Waals surface area contributed by atoms with Crippen LogP contribution in [-0.4, -0.2) is 8.42 Å². The highest BCUT2D eigenvalue weighted by atomic mass is 32.2. The summed E-state index contributed by atoms with van der Waals surface area (Å²) in [4.78, 5) is 0. The standard InChI is InChI=1S/C13H14F2N2O3S/c1-8(9-2-4-11(14)12(15)6-9)17-7-10-3-5-13(20-10)21(16,18)19/h2-6,8,17H,7H2,1H3,(H2,16,18,19). The molecule has 1 aromatic carbocycles. The molecule has 0 spiro atoms. The molecule has 21 heavy (non-hydrogen) atoms. The van der Waals surface area contributed by atoms with Crippen molar-refractivity contribution >= 4 is 10.0 Å². The van der Waals surface area contributed by atoms with Crippen LogP contribution in [-0.2, 0) is 16.6 Å². The second-order valence-corrected chi connectivity index (χ2v) is 6.03. The fourth-order valence-electron chi connectivity index (χ4n) is 1.76. The lowest BCUT2D eigenvalue weighted by atomic mass is 10.1. The van der Waals surface area contributed by atoms with Crippen LogP contribution in [0.2, 0.25) is 0 Å². The number of nitrogens with one attached hydrogen (secondary N) is 1. The largest absolute Gasteiger partial charge is 0.447 e. The molecule has 0 aliphatic rings. The molecule has 0 aliphatic carbocycles. The Labute approximate surface area is 120 Å². The van der Waals surface area contributed by atoms with E-state index in [1.54, 1.807) is 6.92 Å². The van der Waals surface area contributed by atoms with Gasteiger partial charge >= 0.3 is 0 Å². The monoisotopic (exact) mass is 316 g/mol. The first kappa shape index (κ1) is 15.6. The van der Waals surface area contributed by atoms with E-state index in [1.807, 2.05) is 0 Å². The van der Waals surface area contributed by atoms with Crippen molar-refractivity contribution in [2.45, 2.75) is 24.6 Å². The summed E-state index contributed by atoms with van der Waals surface area (Å²) in [6.07, 6.45) is 0. The van der Waals surface area contributed by atoms with E-state index < -0.39 is 21.7 Å². The fourth-order valence-corrected chi connectivity index (χ4v) is 2.24. The molecule has 2 aromatic rings. The van der Waals surface area contributed by atoms with Crippen molar-refractivity contribution in [1.29, 1.82) is 0 Å². The van der Waals surface area contributed by atoms with Gasteiger partial charge in [0.2, 0.25) is 5.09 Å². The molecule has 1 aromatic heterocycles. The summed E-state index contributed by atoms with van der Waals surface area (Å²) in [5, 5.41) is 7.62. The van der Waals surface area contributed by atoms with E-state index in [-0.39, 0.29) is 17.7 Å². The zero-order valence-corrected chi connectivity index (χ0v) is 12.0. The summed E-state index contributed by atoms with van der Waals surface area (Å²) in [7, 11) is -3.87. The molecule has 3 N–H and O–H groups in total. The van der Waals surface area contributed by atoms with Crippen molar-refractivity contribution in [1.82, 2.24) is 5.32 Å². The third-order valence-corrected chi connectivity index (χ3v) is 3.72. The van der Waals surface area contributed by atoms with Gasteiger partial charge in [0.15, 0.2) is 11.6 Å². The topological polar surface area (TPSA) is 85.3 Å². The minimum atomic E-state index is -3.87. The van der Waals surface area contributed by atoms with Gasteiger partial charge in [0.25, 0.3) is 10.0 Å². The van der Waals surface area contributed by atoms with Crippen LogP contribution in [0.15, 0.2) is 39.8 Å². The van der Waals surface area contributed by atoms with Crippen LogP contribution < -0.4 is 10.5 Å². The third kappa shape index (κ3) is 3.87. The predicted molar refractivity (Wildman–Crippen MR) is 71.7 cm³/mol. The Kier molecular flexibility index (Phi) is 4.40. The molecule has 1 heterocycles. The number of hydrogen-bond donors (Lipinski definition) is 2. The van der Waals surface area contributed by atoms with Crippen LogP contribution in [0.1, 0.15) is 24.3 Å². The number of sulfonamides is 1. The number of benzene rings is 1. The van der Waals surface area contributed by atoms with Gasteiger partial charge in [0.05, 0.1) is 6.54 Å². The van der Waals surface area contributed by atoms with Gasteiger partial charge in [-0.15, -0.1) is 0 Å². The normalized spacial score (nSPS) is 13.3. The first-order valence-corrected chi connectivity index (χ1v) is 7.62. The molecule has 1 atom stereocenters. The van der Waals surface area contributed by atoms with E-state index in [2.05, 4.69) is 5.32 Å². The van der Waals surface area contributed by atoms with Gasteiger partial charge in [-0.25, -0.2) is 22.3 Å². The van der Waals surface area contributed by atoms with E-state index in [1.165, 1.54) is 18.2 Å². The second kappa shape index (κ2) is 5.92. The minimum Gasteiger partial charge on any atom is -0.447 e. The fraction of sp³-hybridized carbons (Fsp3) is 0.231. The highest BCUT2D eigenvalue weighted by Crippen LogP contribution is 2.17. The first-order chi connectivity index (χ1) is 9.77.